The quantitative estimate of drug-likeness (QED) is 0.181. The van der Waals surface area contributed by atoms with Crippen molar-refractivity contribution in [1.29, 1.82) is 0 Å². The van der Waals surface area contributed by atoms with Crippen molar-refractivity contribution in [3.8, 4) is 0 Å². The predicted molar refractivity (Wildman–Crippen MR) is 187 cm³/mol. The van der Waals surface area contributed by atoms with Crippen molar-refractivity contribution in [2.75, 3.05) is 45.4 Å². The molecule has 0 unspecified atom stereocenters. The van der Waals surface area contributed by atoms with Crippen LogP contribution in [0.4, 0.5) is 11.4 Å². The zero-order valence-corrected chi connectivity index (χ0v) is 27.3. The fraction of sp³-hybridized carbons (Fsp3) is 0.439. The number of hydrogen-bond acceptors (Lipinski definition) is 3. The molecule has 3 aromatic rings. The van der Waals surface area contributed by atoms with Crippen molar-refractivity contribution in [1.82, 2.24) is 0 Å². The molecule has 2 aliphatic heterocycles. The monoisotopic (exact) mass is 601 g/mol. The first-order valence-electron chi connectivity index (χ1n) is 17.3. The van der Waals surface area contributed by atoms with E-state index in [0.29, 0.717) is 6.61 Å². The van der Waals surface area contributed by atoms with Crippen LogP contribution in [0.3, 0.4) is 0 Å². The molecule has 0 amide bonds. The Balaban J connectivity index is 1.26. The van der Waals surface area contributed by atoms with Crippen LogP contribution in [0.25, 0.3) is 10.8 Å². The number of ether oxygens (including phenoxy) is 2. The molecular formula is C41H49N2O2+. The standard InChI is InChI=1S/C41H49N2O2/c1-44-30-28-42-35-19-11-10-18-34(35)40(24-12-4-13-25-40)37(42)20-6-3-7-21-38-41(26-14-5-15-27-41)39-33-17-9-8-16-32(33)22-23-36(39)43(38)29-31-45-2/h3,6-11,16-23H,4-5,12-15,24-31H2,1-2H3/q+1. The van der Waals surface area contributed by atoms with Gasteiger partial charge < -0.3 is 14.4 Å². The first-order chi connectivity index (χ1) is 22.2. The van der Waals surface area contributed by atoms with Crippen molar-refractivity contribution in [3.63, 3.8) is 0 Å². The van der Waals surface area contributed by atoms with Gasteiger partial charge in [0.05, 0.1) is 12.0 Å². The maximum atomic E-state index is 5.64. The molecule has 0 atom stereocenters. The third-order valence-corrected chi connectivity index (χ3v) is 11.1. The van der Waals surface area contributed by atoms with E-state index >= 15 is 0 Å². The van der Waals surface area contributed by atoms with Gasteiger partial charge in [0, 0.05) is 55.3 Å². The van der Waals surface area contributed by atoms with E-state index in [2.05, 4.69) is 101 Å². The molecule has 0 bridgehead atoms. The van der Waals surface area contributed by atoms with Crippen LogP contribution in [0.1, 0.15) is 75.3 Å². The minimum atomic E-state index is 0.0567. The van der Waals surface area contributed by atoms with Crippen LogP contribution in [-0.4, -0.2) is 50.8 Å². The van der Waals surface area contributed by atoms with Gasteiger partial charge in [-0.1, -0.05) is 99.2 Å². The van der Waals surface area contributed by atoms with E-state index in [9.17, 15) is 0 Å². The van der Waals surface area contributed by atoms with Crippen molar-refractivity contribution >= 4 is 27.9 Å². The van der Waals surface area contributed by atoms with Crippen molar-refractivity contribution in [2.24, 2.45) is 0 Å². The molecule has 2 aliphatic carbocycles. The Labute approximate surface area is 269 Å². The number of hydrogen-bond donors (Lipinski definition) is 0. The first-order valence-corrected chi connectivity index (χ1v) is 17.3. The second-order valence-electron chi connectivity index (χ2n) is 13.5. The topological polar surface area (TPSA) is 24.7 Å². The molecule has 4 heteroatoms. The number of nitrogens with zero attached hydrogens (tertiary/aromatic N) is 2. The van der Waals surface area contributed by atoms with Gasteiger partial charge >= 0.3 is 0 Å². The Hall–Kier alpha value is -3.47. The summed E-state index contributed by atoms with van der Waals surface area (Å²) in [5, 5.41) is 2.76. The Kier molecular flexibility index (Phi) is 8.79. The van der Waals surface area contributed by atoms with Crippen LogP contribution < -0.4 is 4.90 Å². The molecule has 0 radical (unpaired) electrons. The highest BCUT2D eigenvalue weighted by Crippen LogP contribution is 2.55. The average molecular weight is 602 g/mol. The van der Waals surface area contributed by atoms with Crippen LogP contribution in [0.15, 0.2) is 96.7 Å². The zero-order chi connectivity index (χ0) is 30.7. The van der Waals surface area contributed by atoms with Crippen molar-refractivity contribution in [2.45, 2.75) is 75.0 Å². The van der Waals surface area contributed by atoms with Gasteiger partial charge in [-0.15, -0.1) is 0 Å². The summed E-state index contributed by atoms with van der Waals surface area (Å²) >= 11 is 0. The second-order valence-corrected chi connectivity index (χ2v) is 13.5. The van der Waals surface area contributed by atoms with Crippen LogP contribution in [0.2, 0.25) is 0 Å². The fourth-order valence-electron chi connectivity index (χ4n) is 9.19. The van der Waals surface area contributed by atoms with E-state index in [0.717, 1.165) is 19.7 Å². The van der Waals surface area contributed by atoms with Gasteiger partial charge in [0.2, 0.25) is 5.69 Å². The predicted octanol–water partition coefficient (Wildman–Crippen LogP) is 9.15. The van der Waals surface area contributed by atoms with Gasteiger partial charge in [0.1, 0.15) is 6.61 Å². The molecule has 4 nitrogen and oxygen atoms in total. The maximum absolute atomic E-state index is 5.64. The molecule has 45 heavy (non-hydrogen) atoms. The van der Waals surface area contributed by atoms with E-state index in [4.69, 9.17) is 9.47 Å². The molecule has 234 valence electrons. The zero-order valence-electron chi connectivity index (χ0n) is 27.3. The lowest BCUT2D eigenvalue weighted by atomic mass is 9.66. The van der Waals surface area contributed by atoms with Gasteiger partial charge in [-0.25, -0.2) is 0 Å². The Morgan fingerprint density at radius 1 is 0.733 bits per heavy atom. The molecular weight excluding hydrogens is 552 g/mol. The molecule has 2 spiro atoms. The Bertz CT molecular complexity index is 1650. The van der Waals surface area contributed by atoms with Crippen LogP contribution in [0, 0.1) is 0 Å². The van der Waals surface area contributed by atoms with Gasteiger partial charge in [0.15, 0.2) is 12.3 Å². The summed E-state index contributed by atoms with van der Waals surface area (Å²) in [6.07, 6.45) is 24.4. The van der Waals surface area contributed by atoms with Crippen LogP contribution >= 0.6 is 0 Å². The number of fused-ring (bicyclic) bond motifs is 6. The molecule has 0 N–H and O–H groups in total. The molecule has 0 saturated heterocycles. The fourth-order valence-corrected chi connectivity index (χ4v) is 9.19. The highest BCUT2D eigenvalue weighted by Gasteiger charge is 2.52. The summed E-state index contributed by atoms with van der Waals surface area (Å²) < 4.78 is 13.8. The molecule has 4 aliphatic rings. The second kappa shape index (κ2) is 13.1. The number of methoxy groups -OCH3 is 2. The largest absolute Gasteiger partial charge is 0.383 e. The smallest absolute Gasteiger partial charge is 0.210 e. The van der Waals surface area contributed by atoms with Crippen molar-refractivity contribution < 1.29 is 14.0 Å². The molecule has 2 heterocycles. The molecule has 2 saturated carbocycles. The summed E-state index contributed by atoms with van der Waals surface area (Å²) in [7, 11) is 3.62. The SMILES string of the molecule is COCCN1/C(=C/C=C/C=C/C2=[N+](CCOC)c3ccc4ccccc4c3C23CCCCC3)C2(CCCCC2)c2ccccc21. The lowest BCUT2D eigenvalue weighted by Gasteiger charge is -2.37. The summed E-state index contributed by atoms with van der Waals surface area (Å²) in [5.41, 5.74) is 8.85. The molecule has 3 aromatic carbocycles. The summed E-state index contributed by atoms with van der Waals surface area (Å²) in [6.45, 7) is 3.18. The summed E-state index contributed by atoms with van der Waals surface area (Å²) in [4.78, 5) is 2.54. The molecule has 7 rings (SSSR count). The highest BCUT2D eigenvalue weighted by atomic mass is 16.5. The van der Waals surface area contributed by atoms with E-state index in [1.165, 1.54) is 103 Å². The number of rotatable bonds is 9. The van der Waals surface area contributed by atoms with E-state index < -0.39 is 0 Å². The Morgan fingerprint density at radius 2 is 1.44 bits per heavy atom. The Morgan fingerprint density at radius 3 is 2.22 bits per heavy atom. The number of benzene rings is 3. The van der Waals surface area contributed by atoms with Gasteiger partial charge in [-0.3, -0.25) is 0 Å². The lowest BCUT2D eigenvalue weighted by molar-refractivity contribution is -0.441. The minimum Gasteiger partial charge on any atom is -0.383 e. The number of anilines is 1. The third kappa shape index (κ3) is 5.20. The van der Waals surface area contributed by atoms with Gasteiger partial charge in [0.25, 0.3) is 0 Å². The minimum absolute atomic E-state index is 0.0567. The van der Waals surface area contributed by atoms with E-state index in [-0.39, 0.29) is 10.8 Å². The van der Waals surface area contributed by atoms with Crippen molar-refractivity contribution in [3.05, 3.63) is 108 Å². The first kappa shape index (κ1) is 30.2. The third-order valence-electron chi connectivity index (χ3n) is 11.1. The van der Waals surface area contributed by atoms with Crippen LogP contribution in [0.5, 0.6) is 0 Å². The molecule has 0 aromatic heterocycles. The normalized spacial score (nSPS) is 21.3. The molecule has 2 fully saturated rings. The lowest BCUT2D eigenvalue weighted by Crippen LogP contribution is -2.37. The van der Waals surface area contributed by atoms with E-state index in [1.807, 2.05) is 14.2 Å². The van der Waals surface area contributed by atoms with Gasteiger partial charge in [-0.2, -0.15) is 4.58 Å². The summed E-state index contributed by atoms with van der Waals surface area (Å²) in [5.74, 6) is 0. The highest BCUT2D eigenvalue weighted by molar-refractivity contribution is 6.08. The number of allylic oxidation sites excluding steroid dienone is 6. The summed E-state index contributed by atoms with van der Waals surface area (Å²) in [6, 6.07) is 22.7. The van der Waals surface area contributed by atoms with E-state index in [1.54, 1.807) is 5.56 Å². The van der Waals surface area contributed by atoms with Gasteiger partial charge in [-0.05, 0) is 60.2 Å². The van der Waals surface area contributed by atoms with Crippen LogP contribution in [-0.2, 0) is 20.3 Å². The maximum Gasteiger partial charge on any atom is 0.210 e. The average Bonchev–Trinajstić information content (AvgIpc) is 3.48. The number of para-hydroxylation sites is 1.